The molecule has 5 nitrogen and oxygen atoms in total. The van der Waals surface area contributed by atoms with Crippen molar-refractivity contribution in [3.63, 3.8) is 0 Å². The maximum absolute atomic E-state index is 12.1. The van der Waals surface area contributed by atoms with E-state index in [0.717, 1.165) is 12.8 Å². The number of thiophene rings is 1. The van der Waals surface area contributed by atoms with E-state index in [2.05, 4.69) is 31.6 Å². The average Bonchev–Trinajstić information content (AvgIpc) is 2.87. The SMILES string of the molecule is COCC(=O)NNC(=O)c1cc2c(s1)CCC(C(C)(C)C)C2. The summed E-state index contributed by atoms with van der Waals surface area (Å²) in [5, 5.41) is 0. The third kappa shape index (κ3) is 4.08. The number of hydrogen-bond acceptors (Lipinski definition) is 4. The highest BCUT2D eigenvalue weighted by Gasteiger charge is 2.30. The maximum atomic E-state index is 12.1. The number of ether oxygens (including phenoxy) is 1. The predicted molar refractivity (Wildman–Crippen MR) is 86.8 cm³/mol. The largest absolute Gasteiger partial charge is 0.375 e. The number of rotatable bonds is 3. The minimum absolute atomic E-state index is 0.0749. The number of amides is 2. The second-order valence-corrected chi connectivity index (χ2v) is 7.94. The molecule has 122 valence electrons. The molecule has 2 rings (SSSR count). The maximum Gasteiger partial charge on any atom is 0.279 e. The standard InChI is InChI=1S/C16H24N2O3S/c1-16(2,3)11-5-6-12-10(7-11)8-13(22-12)15(20)18-17-14(19)9-21-4/h8,11H,5-7,9H2,1-4H3,(H,17,19)(H,18,20). The Morgan fingerprint density at radius 1 is 1.36 bits per heavy atom. The number of nitrogens with one attached hydrogen (secondary N) is 2. The summed E-state index contributed by atoms with van der Waals surface area (Å²) in [5.41, 5.74) is 6.33. The van der Waals surface area contributed by atoms with E-state index in [-0.39, 0.29) is 23.8 Å². The number of methoxy groups -OCH3 is 1. The molecule has 1 aromatic rings. The Labute approximate surface area is 135 Å². The summed E-state index contributed by atoms with van der Waals surface area (Å²) < 4.78 is 4.69. The molecule has 1 aliphatic rings. The molecule has 0 bridgehead atoms. The lowest BCUT2D eigenvalue weighted by molar-refractivity contribution is -0.125. The molecule has 0 aromatic carbocycles. The highest BCUT2D eigenvalue weighted by atomic mass is 32.1. The van der Waals surface area contributed by atoms with Gasteiger partial charge in [-0.25, -0.2) is 0 Å². The van der Waals surface area contributed by atoms with Crippen molar-refractivity contribution in [2.24, 2.45) is 11.3 Å². The van der Waals surface area contributed by atoms with Crippen molar-refractivity contribution in [3.8, 4) is 0 Å². The van der Waals surface area contributed by atoms with Crippen LogP contribution < -0.4 is 10.9 Å². The summed E-state index contributed by atoms with van der Waals surface area (Å²) in [6.45, 7) is 6.74. The highest BCUT2D eigenvalue weighted by molar-refractivity contribution is 7.14. The summed E-state index contributed by atoms with van der Waals surface area (Å²) in [4.78, 5) is 25.3. The Balaban J connectivity index is 1.99. The molecule has 6 heteroatoms. The Bertz CT molecular complexity index is 560. The zero-order valence-corrected chi connectivity index (χ0v) is 14.4. The molecule has 0 radical (unpaired) electrons. The molecule has 0 saturated heterocycles. The van der Waals surface area contributed by atoms with Gasteiger partial charge in [0.1, 0.15) is 6.61 Å². The van der Waals surface area contributed by atoms with Crippen molar-refractivity contribution < 1.29 is 14.3 Å². The van der Waals surface area contributed by atoms with Crippen LogP contribution >= 0.6 is 11.3 Å². The smallest absolute Gasteiger partial charge is 0.279 e. The second kappa shape index (κ2) is 6.79. The van der Waals surface area contributed by atoms with Crippen molar-refractivity contribution in [3.05, 3.63) is 21.4 Å². The molecule has 1 aromatic heterocycles. The fourth-order valence-electron chi connectivity index (χ4n) is 2.73. The lowest BCUT2D eigenvalue weighted by Crippen LogP contribution is -2.42. The van der Waals surface area contributed by atoms with Crippen molar-refractivity contribution in [1.82, 2.24) is 10.9 Å². The van der Waals surface area contributed by atoms with E-state index < -0.39 is 0 Å². The lowest BCUT2D eigenvalue weighted by atomic mass is 9.72. The van der Waals surface area contributed by atoms with Crippen LogP contribution in [0.5, 0.6) is 0 Å². The van der Waals surface area contributed by atoms with Gasteiger partial charge in [0.05, 0.1) is 4.88 Å². The molecule has 0 saturated carbocycles. The van der Waals surface area contributed by atoms with E-state index in [1.54, 1.807) is 0 Å². The van der Waals surface area contributed by atoms with E-state index in [1.807, 2.05) is 6.07 Å². The zero-order chi connectivity index (χ0) is 16.3. The predicted octanol–water partition coefficient (Wildman–Crippen LogP) is 2.31. The Kier molecular flexibility index (Phi) is 5.24. The van der Waals surface area contributed by atoms with Crippen molar-refractivity contribution in [2.75, 3.05) is 13.7 Å². The average molecular weight is 324 g/mol. The molecule has 22 heavy (non-hydrogen) atoms. The van der Waals surface area contributed by atoms with Crippen molar-refractivity contribution >= 4 is 23.2 Å². The zero-order valence-electron chi connectivity index (χ0n) is 13.6. The first-order chi connectivity index (χ1) is 10.3. The van der Waals surface area contributed by atoms with Crippen LogP contribution in [0.25, 0.3) is 0 Å². The highest BCUT2D eigenvalue weighted by Crippen LogP contribution is 2.39. The van der Waals surface area contributed by atoms with E-state index >= 15 is 0 Å². The summed E-state index contributed by atoms with van der Waals surface area (Å²) in [7, 11) is 1.43. The number of carbonyl (C=O) groups excluding carboxylic acids is 2. The normalized spacial score (nSPS) is 17.7. The Hall–Kier alpha value is -1.40. The first-order valence-corrected chi connectivity index (χ1v) is 8.32. The molecular formula is C16H24N2O3S. The van der Waals surface area contributed by atoms with E-state index in [0.29, 0.717) is 10.8 Å². The molecule has 0 spiro atoms. The molecular weight excluding hydrogens is 300 g/mol. The first-order valence-electron chi connectivity index (χ1n) is 7.51. The first kappa shape index (κ1) is 17.0. The minimum Gasteiger partial charge on any atom is -0.375 e. The van der Waals surface area contributed by atoms with E-state index in [1.165, 1.54) is 35.3 Å². The van der Waals surface area contributed by atoms with Crippen LogP contribution in [-0.4, -0.2) is 25.5 Å². The number of fused-ring (bicyclic) bond motifs is 1. The van der Waals surface area contributed by atoms with Gasteiger partial charge in [-0.3, -0.25) is 20.4 Å². The monoisotopic (exact) mass is 324 g/mol. The van der Waals surface area contributed by atoms with Crippen LogP contribution in [0.15, 0.2) is 6.07 Å². The number of aryl methyl sites for hydroxylation is 1. The number of hydrazine groups is 1. The van der Waals surface area contributed by atoms with Gasteiger partial charge in [-0.2, -0.15) is 0 Å². The molecule has 1 atom stereocenters. The molecule has 1 unspecified atom stereocenters. The van der Waals surface area contributed by atoms with Crippen molar-refractivity contribution in [2.45, 2.75) is 40.0 Å². The van der Waals surface area contributed by atoms with Crippen molar-refractivity contribution in [1.29, 1.82) is 0 Å². The quantitative estimate of drug-likeness (QED) is 0.839. The van der Waals surface area contributed by atoms with Gasteiger partial charge in [0.2, 0.25) is 0 Å². The third-order valence-corrected chi connectivity index (χ3v) is 5.36. The van der Waals surface area contributed by atoms with Gasteiger partial charge >= 0.3 is 0 Å². The van der Waals surface area contributed by atoms with E-state index in [9.17, 15) is 9.59 Å². The van der Waals surface area contributed by atoms with Gasteiger partial charge in [-0.05, 0) is 42.2 Å². The van der Waals surface area contributed by atoms with Gasteiger partial charge in [0.15, 0.2) is 0 Å². The van der Waals surface area contributed by atoms with Crippen LogP contribution in [0.2, 0.25) is 0 Å². The van der Waals surface area contributed by atoms with Gasteiger partial charge in [-0.15, -0.1) is 11.3 Å². The molecule has 0 aliphatic heterocycles. The topological polar surface area (TPSA) is 67.4 Å². The number of carbonyl (C=O) groups is 2. The van der Waals surface area contributed by atoms with Crippen LogP contribution in [0.1, 0.15) is 47.3 Å². The lowest BCUT2D eigenvalue weighted by Gasteiger charge is -2.33. The van der Waals surface area contributed by atoms with Crippen LogP contribution in [-0.2, 0) is 22.4 Å². The van der Waals surface area contributed by atoms with Gasteiger partial charge in [0, 0.05) is 12.0 Å². The molecule has 2 amide bonds. The molecule has 2 N–H and O–H groups in total. The van der Waals surface area contributed by atoms with Gasteiger partial charge < -0.3 is 4.74 Å². The van der Waals surface area contributed by atoms with E-state index in [4.69, 9.17) is 4.74 Å². The summed E-state index contributed by atoms with van der Waals surface area (Å²) in [6, 6.07) is 1.97. The minimum atomic E-state index is -0.370. The van der Waals surface area contributed by atoms with Gasteiger partial charge in [0.25, 0.3) is 11.8 Å². The second-order valence-electron chi connectivity index (χ2n) is 6.80. The van der Waals surface area contributed by atoms with Gasteiger partial charge in [-0.1, -0.05) is 20.8 Å². The van der Waals surface area contributed by atoms with Crippen LogP contribution in [0, 0.1) is 11.3 Å². The fourth-order valence-corrected chi connectivity index (χ4v) is 3.83. The van der Waals surface area contributed by atoms with Crippen LogP contribution in [0.4, 0.5) is 0 Å². The summed E-state index contributed by atoms with van der Waals surface area (Å²) in [5.74, 6) is 0.00745. The third-order valence-electron chi connectivity index (χ3n) is 4.12. The summed E-state index contributed by atoms with van der Waals surface area (Å²) in [6.07, 6.45) is 3.23. The van der Waals surface area contributed by atoms with Crippen LogP contribution in [0.3, 0.4) is 0 Å². The molecule has 1 aliphatic carbocycles. The summed E-state index contributed by atoms with van der Waals surface area (Å²) >= 11 is 1.53. The fraction of sp³-hybridized carbons (Fsp3) is 0.625. The number of hydrogen-bond donors (Lipinski definition) is 2. The Morgan fingerprint density at radius 3 is 2.73 bits per heavy atom. The Morgan fingerprint density at radius 2 is 2.09 bits per heavy atom. The molecule has 1 heterocycles. The molecule has 0 fully saturated rings.